The van der Waals surface area contributed by atoms with Crippen LogP contribution in [0.1, 0.15) is 5.56 Å². The molecule has 0 atom stereocenters. The van der Waals surface area contributed by atoms with Crippen molar-refractivity contribution in [1.82, 2.24) is 4.98 Å². The van der Waals surface area contributed by atoms with Gasteiger partial charge in [0.2, 0.25) is 10.0 Å². The maximum atomic E-state index is 11.3. The number of benzene rings is 1. The Morgan fingerprint density at radius 3 is 2.43 bits per heavy atom. The molecule has 0 aliphatic carbocycles. The summed E-state index contributed by atoms with van der Waals surface area (Å²) in [5, 5.41) is 5.15. The van der Waals surface area contributed by atoms with Gasteiger partial charge in [-0.15, -0.1) is 0 Å². The number of aromatic nitrogens is 1. The first-order valence-electron chi connectivity index (χ1n) is 5.91. The van der Waals surface area contributed by atoms with E-state index in [9.17, 15) is 8.42 Å². The molecule has 21 heavy (non-hydrogen) atoms. The molecule has 0 bridgehead atoms. The van der Waals surface area contributed by atoms with Gasteiger partial charge in [-0.05, 0) is 23.8 Å². The van der Waals surface area contributed by atoms with Crippen molar-refractivity contribution in [3.8, 4) is 5.75 Å². The van der Waals surface area contributed by atoms with Gasteiger partial charge in [0.05, 0.1) is 16.7 Å². The van der Waals surface area contributed by atoms with Crippen LogP contribution in [-0.2, 0) is 16.4 Å². The van der Waals surface area contributed by atoms with E-state index in [0.717, 1.165) is 5.56 Å². The fourth-order valence-electron chi connectivity index (χ4n) is 1.67. The Kier molecular flexibility index (Phi) is 5.05. The highest BCUT2D eigenvalue weighted by Gasteiger charge is 2.16. The number of hydrogen-bond donors (Lipinski definition) is 1. The number of primary sulfonamides is 1. The number of nitrogens with zero attached hydrogens (tertiary/aromatic N) is 1. The highest BCUT2D eigenvalue weighted by molar-refractivity contribution is 7.89. The number of rotatable bonds is 5. The molecule has 0 aliphatic heterocycles. The van der Waals surface area contributed by atoms with Gasteiger partial charge in [-0.2, -0.15) is 0 Å². The quantitative estimate of drug-likeness (QED) is 0.901. The molecular formula is C13H12Cl2N2O3S. The molecule has 0 amide bonds. The van der Waals surface area contributed by atoms with Crippen molar-refractivity contribution < 1.29 is 13.2 Å². The molecule has 2 N–H and O–H groups in total. The molecule has 0 saturated carbocycles. The third-order valence-electron chi connectivity index (χ3n) is 2.69. The first kappa shape index (κ1) is 16.0. The summed E-state index contributed by atoms with van der Waals surface area (Å²) in [5.74, 6) is 0.308. The molecule has 0 radical (unpaired) electrons. The second kappa shape index (κ2) is 6.62. The fourth-order valence-corrected chi connectivity index (χ4v) is 3.04. The van der Waals surface area contributed by atoms with Crippen molar-refractivity contribution in [3.63, 3.8) is 0 Å². The van der Waals surface area contributed by atoms with Gasteiger partial charge in [-0.3, -0.25) is 4.98 Å². The Bertz CT molecular complexity index is 737. The van der Waals surface area contributed by atoms with E-state index in [1.165, 1.54) is 12.1 Å². The second-order valence-electron chi connectivity index (χ2n) is 4.21. The zero-order chi connectivity index (χ0) is 15.5. The number of pyridine rings is 1. The van der Waals surface area contributed by atoms with Gasteiger partial charge in [-0.25, -0.2) is 13.6 Å². The lowest BCUT2D eigenvalue weighted by molar-refractivity contribution is 0.322. The zero-order valence-corrected chi connectivity index (χ0v) is 13.1. The Labute approximate surface area is 132 Å². The average molecular weight is 347 g/mol. The van der Waals surface area contributed by atoms with Gasteiger partial charge in [0.15, 0.2) is 0 Å². The predicted molar refractivity (Wildman–Crippen MR) is 81.3 cm³/mol. The van der Waals surface area contributed by atoms with Crippen LogP contribution in [0.25, 0.3) is 0 Å². The molecule has 0 spiro atoms. The molecule has 0 aliphatic rings. The summed E-state index contributed by atoms with van der Waals surface area (Å²) < 4.78 is 28.1. The van der Waals surface area contributed by atoms with Crippen molar-refractivity contribution >= 4 is 33.2 Å². The van der Waals surface area contributed by atoms with Crippen molar-refractivity contribution in [2.24, 2.45) is 5.14 Å². The van der Waals surface area contributed by atoms with Crippen molar-refractivity contribution in [2.45, 2.75) is 11.3 Å². The summed E-state index contributed by atoms with van der Waals surface area (Å²) in [5.41, 5.74) is 1.06. The molecule has 0 fully saturated rings. The number of hydrogen-bond acceptors (Lipinski definition) is 4. The third kappa shape index (κ3) is 4.31. The fraction of sp³-hybridized carbons (Fsp3) is 0.154. The van der Waals surface area contributed by atoms with E-state index in [4.69, 9.17) is 33.1 Å². The van der Waals surface area contributed by atoms with Crippen LogP contribution in [-0.4, -0.2) is 20.0 Å². The van der Waals surface area contributed by atoms with Gasteiger partial charge in [0.25, 0.3) is 0 Å². The largest absolute Gasteiger partial charge is 0.492 e. The molecule has 1 heterocycles. The van der Waals surface area contributed by atoms with E-state index in [1.807, 2.05) is 12.1 Å². The minimum absolute atomic E-state index is 0.0270. The van der Waals surface area contributed by atoms with Crippen molar-refractivity contribution in [2.75, 3.05) is 6.61 Å². The summed E-state index contributed by atoms with van der Waals surface area (Å²) in [6.45, 7) is 0.370. The predicted octanol–water partition coefficient (Wildman–Crippen LogP) is 2.66. The Morgan fingerprint density at radius 1 is 1.14 bits per heavy atom. The van der Waals surface area contributed by atoms with E-state index < -0.39 is 10.0 Å². The lowest BCUT2D eigenvalue weighted by atomic mass is 10.2. The summed E-state index contributed by atoms with van der Waals surface area (Å²) >= 11 is 11.9. The molecule has 1 aromatic carbocycles. The molecule has 2 aromatic rings. The molecule has 1 aromatic heterocycles. The summed E-state index contributed by atoms with van der Waals surface area (Å²) in [6.07, 6.45) is 4.05. The lowest BCUT2D eigenvalue weighted by Gasteiger charge is -2.10. The van der Waals surface area contributed by atoms with Crippen LogP contribution < -0.4 is 9.88 Å². The molecule has 8 heteroatoms. The maximum absolute atomic E-state index is 11.3. The maximum Gasteiger partial charge on any atom is 0.239 e. The second-order valence-corrected chi connectivity index (χ2v) is 6.56. The van der Waals surface area contributed by atoms with E-state index in [2.05, 4.69) is 4.98 Å². The molecule has 112 valence electrons. The Hall–Kier alpha value is -1.34. The highest BCUT2D eigenvalue weighted by Crippen LogP contribution is 2.33. The SMILES string of the molecule is NS(=O)(=O)c1cc(Cl)c(OCCc2ccncc2)cc1Cl. The van der Waals surface area contributed by atoms with Gasteiger partial charge < -0.3 is 4.74 Å². The van der Waals surface area contributed by atoms with E-state index in [0.29, 0.717) is 18.8 Å². The minimum Gasteiger partial charge on any atom is -0.492 e. The van der Waals surface area contributed by atoms with Crippen LogP contribution in [0.15, 0.2) is 41.6 Å². The topological polar surface area (TPSA) is 82.3 Å². The van der Waals surface area contributed by atoms with Crippen LogP contribution in [0.3, 0.4) is 0 Å². The van der Waals surface area contributed by atoms with Gasteiger partial charge in [0.1, 0.15) is 10.6 Å². The highest BCUT2D eigenvalue weighted by atomic mass is 35.5. The molecule has 5 nitrogen and oxygen atoms in total. The van der Waals surface area contributed by atoms with Crippen LogP contribution in [0.5, 0.6) is 5.75 Å². The van der Waals surface area contributed by atoms with Crippen LogP contribution in [0.2, 0.25) is 10.0 Å². The number of nitrogens with two attached hydrogens (primary N) is 1. The summed E-state index contributed by atoms with van der Waals surface area (Å²) in [7, 11) is -3.92. The Morgan fingerprint density at radius 2 is 1.81 bits per heavy atom. The van der Waals surface area contributed by atoms with E-state index >= 15 is 0 Å². The van der Waals surface area contributed by atoms with Crippen molar-refractivity contribution in [1.29, 1.82) is 0 Å². The zero-order valence-electron chi connectivity index (χ0n) is 10.8. The molecule has 0 saturated heterocycles. The number of ether oxygens (including phenoxy) is 1. The molecule has 0 unspecified atom stereocenters. The molecular weight excluding hydrogens is 335 g/mol. The standard InChI is InChI=1S/C13H12Cl2N2O3S/c14-10-8-13(21(16,18)19)11(15)7-12(10)20-6-3-9-1-4-17-5-2-9/h1-2,4-5,7-8H,3,6H2,(H2,16,18,19). The number of halogens is 2. The summed E-state index contributed by atoms with van der Waals surface area (Å²) in [6, 6.07) is 6.28. The van der Waals surface area contributed by atoms with Crippen LogP contribution in [0, 0.1) is 0 Å². The van der Waals surface area contributed by atoms with Gasteiger partial charge in [0, 0.05) is 24.9 Å². The Balaban J connectivity index is 2.09. The van der Waals surface area contributed by atoms with Gasteiger partial charge >= 0.3 is 0 Å². The van der Waals surface area contributed by atoms with Crippen LogP contribution in [0.4, 0.5) is 0 Å². The first-order chi connectivity index (χ1) is 9.88. The smallest absolute Gasteiger partial charge is 0.239 e. The molecule has 2 rings (SSSR count). The van der Waals surface area contributed by atoms with Gasteiger partial charge in [-0.1, -0.05) is 23.2 Å². The minimum atomic E-state index is -3.92. The number of sulfonamides is 1. The van der Waals surface area contributed by atoms with Crippen molar-refractivity contribution in [3.05, 3.63) is 52.3 Å². The lowest BCUT2D eigenvalue weighted by Crippen LogP contribution is -2.13. The average Bonchev–Trinajstić information content (AvgIpc) is 2.42. The monoisotopic (exact) mass is 346 g/mol. The van der Waals surface area contributed by atoms with Crippen LogP contribution >= 0.6 is 23.2 Å². The normalized spacial score (nSPS) is 11.4. The first-order valence-corrected chi connectivity index (χ1v) is 8.21. The summed E-state index contributed by atoms with van der Waals surface area (Å²) in [4.78, 5) is 3.70. The third-order valence-corrected chi connectivity index (χ3v) is 4.36. The van der Waals surface area contributed by atoms with E-state index in [-0.39, 0.29) is 14.9 Å². The van der Waals surface area contributed by atoms with E-state index in [1.54, 1.807) is 12.4 Å².